The number of anilines is 1. The van der Waals surface area contributed by atoms with Gasteiger partial charge >= 0.3 is 0 Å². The number of hydrogen-bond donors (Lipinski definition) is 2. The van der Waals surface area contributed by atoms with E-state index >= 15 is 0 Å². The van der Waals surface area contributed by atoms with Crippen molar-refractivity contribution in [2.45, 2.75) is 46.6 Å². The summed E-state index contributed by atoms with van der Waals surface area (Å²) in [6.45, 7) is 9.88. The van der Waals surface area contributed by atoms with E-state index in [4.69, 9.17) is 0 Å². The van der Waals surface area contributed by atoms with E-state index in [0.29, 0.717) is 0 Å². The summed E-state index contributed by atoms with van der Waals surface area (Å²) in [4.78, 5) is 28.9. The number of aryl methyl sites for hydroxylation is 1. The molecule has 132 valence electrons. The van der Waals surface area contributed by atoms with Crippen LogP contribution >= 0.6 is 0 Å². The van der Waals surface area contributed by atoms with E-state index in [0.717, 1.165) is 16.8 Å². The van der Waals surface area contributed by atoms with E-state index in [9.17, 15) is 9.59 Å². The van der Waals surface area contributed by atoms with Gasteiger partial charge in [-0.2, -0.15) is 0 Å². The molecule has 5 nitrogen and oxygen atoms in total. The standard InChI is InChI=1S/C20H25N3O2/c1-12(2)15-9-6-8-14(5)18(15)23-20(25)17-11-7-10-16(22-17)19(24)21-13(3)4/h6-13H,1-5H3,(H,21,24)(H,23,25). The Morgan fingerprint density at radius 1 is 0.920 bits per heavy atom. The Morgan fingerprint density at radius 3 is 2.12 bits per heavy atom. The first-order valence-corrected chi connectivity index (χ1v) is 8.48. The maximum absolute atomic E-state index is 12.6. The zero-order valence-corrected chi connectivity index (χ0v) is 15.4. The lowest BCUT2D eigenvalue weighted by Crippen LogP contribution is -2.31. The smallest absolute Gasteiger partial charge is 0.274 e. The molecule has 1 heterocycles. The topological polar surface area (TPSA) is 71.1 Å². The minimum atomic E-state index is -0.324. The second kappa shape index (κ2) is 7.92. The van der Waals surface area contributed by atoms with Gasteiger partial charge in [-0.25, -0.2) is 4.98 Å². The van der Waals surface area contributed by atoms with Gasteiger partial charge in [0, 0.05) is 11.7 Å². The third-order valence-corrected chi connectivity index (χ3v) is 3.80. The van der Waals surface area contributed by atoms with Crippen molar-refractivity contribution >= 4 is 17.5 Å². The van der Waals surface area contributed by atoms with Crippen LogP contribution in [0.15, 0.2) is 36.4 Å². The van der Waals surface area contributed by atoms with Crippen molar-refractivity contribution in [1.29, 1.82) is 0 Å². The number of aromatic nitrogens is 1. The van der Waals surface area contributed by atoms with Crippen LogP contribution in [0.4, 0.5) is 5.69 Å². The van der Waals surface area contributed by atoms with E-state index in [-0.39, 0.29) is 35.2 Å². The number of para-hydroxylation sites is 1. The van der Waals surface area contributed by atoms with E-state index in [1.807, 2.05) is 39.0 Å². The molecule has 0 bridgehead atoms. The summed E-state index contributed by atoms with van der Waals surface area (Å²) >= 11 is 0. The van der Waals surface area contributed by atoms with Crippen LogP contribution in [0.1, 0.15) is 65.7 Å². The van der Waals surface area contributed by atoms with Crippen LogP contribution in [-0.4, -0.2) is 22.8 Å². The van der Waals surface area contributed by atoms with Crippen molar-refractivity contribution in [2.24, 2.45) is 0 Å². The van der Waals surface area contributed by atoms with Gasteiger partial charge in [-0.1, -0.05) is 38.1 Å². The van der Waals surface area contributed by atoms with Gasteiger partial charge < -0.3 is 10.6 Å². The van der Waals surface area contributed by atoms with Crippen LogP contribution in [-0.2, 0) is 0 Å². The molecule has 2 N–H and O–H groups in total. The van der Waals surface area contributed by atoms with E-state index < -0.39 is 0 Å². The molecule has 0 aliphatic rings. The van der Waals surface area contributed by atoms with Gasteiger partial charge in [-0.05, 0) is 49.9 Å². The van der Waals surface area contributed by atoms with Crippen LogP contribution in [0.2, 0.25) is 0 Å². The van der Waals surface area contributed by atoms with Crippen molar-refractivity contribution in [3.05, 3.63) is 58.9 Å². The Morgan fingerprint density at radius 2 is 1.52 bits per heavy atom. The number of carbonyl (C=O) groups is 2. The third kappa shape index (κ3) is 4.66. The second-order valence-electron chi connectivity index (χ2n) is 6.68. The van der Waals surface area contributed by atoms with Gasteiger partial charge in [0.05, 0.1) is 0 Å². The summed E-state index contributed by atoms with van der Waals surface area (Å²) in [5.41, 5.74) is 3.32. The molecule has 0 saturated carbocycles. The Hall–Kier alpha value is -2.69. The summed E-state index contributed by atoms with van der Waals surface area (Å²) in [5.74, 6) is -0.329. The molecule has 0 radical (unpaired) electrons. The Labute approximate surface area is 148 Å². The molecule has 0 aliphatic carbocycles. The minimum absolute atomic E-state index is 0.00681. The molecule has 0 fully saturated rings. The monoisotopic (exact) mass is 339 g/mol. The highest BCUT2D eigenvalue weighted by Crippen LogP contribution is 2.27. The zero-order valence-electron chi connectivity index (χ0n) is 15.4. The largest absolute Gasteiger partial charge is 0.349 e. The molecule has 2 aromatic rings. The lowest BCUT2D eigenvalue weighted by atomic mass is 9.98. The van der Waals surface area contributed by atoms with E-state index in [1.165, 1.54) is 0 Å². The van der Waals surface area contributed by atoms with Gasteiger partial charge in [0.1, 0.15) is 11.4 Å². The van der Waals surface area contributed by atoms with Gasteiger partial charge in [0.25, 0.3) is 11.8 Å². The van der Waals surface area contributed by atoms with Gasteiger partial charge in [0.15, 0.2) is 0 Å². The summed E-state index contributed by atoms with van der Waals surface area (Å²) in [6, 6.07) is 10.8. The van der Waals surface area contributed by atoms with Crippen molar-refractivity contribution < 1.29 is 9.59 Å². The first kappa shape index (κ1) is 18.6. The second-order valence-corrected chi connectivity index (χ2v) is 6.68. The van der Waals surface area contributed by atoms with Crippen LogP contribution in [0.25, 0.3) is 0 Å². The van der Waals surface area contributed by atoms with Gasteiger partial charge in [-0.15, -0.1) is 0 Å². The maximum atomic E-state index is 12.6. The van der Waals surface area contributed by atoms with Crippen LogP contribution < -0.4 is 10.6 Å². The summed E-state index contributed by atoms with van der Waals surface area (Å²) in [6.07, 6.45) is 0. The third-order valence-electron chi connectivity index (χ3n) is 3.80. The molecule has 25 heavy (non-hydrogen) atoms. The predicted molar refractivity (Wildman–Crippen MR) is 100 cm³/mol. The van der Waals surface area contributed by atoms with Crippen LogP contribution in [0, 0.1) is 6.92 Å². The molecular formula is C20H25N3O2. The molecular weight excluding hydrogens is 314 g/mol. The molecule has 0 atom stereocenters. The highest BCUT2D eigenvalue weighted by Gasteiger charge is 2.16. The molecule has 5 heteroatoms. The molecule has 0 aliphatic heterocycles. The first-order chi connectivity index (χ1) is 11.8. The number of nitrogens with one attached hydrogen (secondary N) is 2. The minimum Gasteiger partial charge on any atom is -0.349 e. The SMILES string of the molecule is Cc1cccc(C(C)C)c1NC(=O)c1cccc(C(=O)NC(C)C)n1. The number of nitrogens with zero attached hydrogens (tertiary/aromatic N) is 1. The number of pyridine rings is 1. The molecule has 2 amide bonds. The number of benzene rings is 1. The Kier molecular flexibility index (Phi) is 5.91. The lowest BCUT2D eigenvalue weighted by Gasteiger charge is -2.16. The lowest BCUT2D eigenvalue weighted by molar-refractivity contribution is 0.0938. The van der Waals surface area contributed by atoms with Crippen molar-refractivity contribution in [2.75, 3.05) is 5.32 Å². The fourth-order valence-corrected chi connectivity index (χ4v) is 2.54. The molecule has 0 unspecified atom stereocenters. The first-order valence-electron chi connectivity index (χ1n) is 8.48. The normalized spacial score (nSPS) is 10.8. The summed E-state index contributed by atoms with van der Waals surface area (Å²) < 4.78 is 0. The summed E-state index contributed by atoms with van der Waals surface area (Å²) in [7, 11) is 0. The number of hydrogen-bond acceptors (Lipinski definition) is 3. The Bertz CT molecular complexity index is 782. The Balaban J connectivity index is 2.27. The van der Waals surface area contributed by atoms with Gasteiger partial charge in [0.2, 0.25) is 0 Å². The highest BCUT2D eigenvalue weighted by atomic mass is 16.2. The quantitative estimate of drug-likeness (QED) is 0.868. The molecule has 0 spiro atoms. The number of carbonyl (C=O) groups excluding carboxylic acids is 2. The fourth-order valence-electron chi connectivity index (χ4n) is 2.54. The summed E-state index contributed by atoms with van der Waals surface area (Å²) in [5, 5.41) is 5.73. The average Bonchev–Trinajstić information content (AvgIpc) is 2.55. The van der Waals surface area contributed by atoms with Crippen molar-refractivity contribution in [3.8, 4) is 0 Å². The van der Waals surface area contributed by atoms with Crippen LogP contribution in [0.3, 0.4) is 0 Å². The van der Waals surface area contributed by atoms with Gasteiger partial charge in [-0.3, -0.25) is 9.59 Å². The molecule has 1 aromatic carbocycles. The molecule has 2 rings (SSSR count). The zero-order chi connectivity index (χ0) is 18.6. The number of amides is 2. The van der Waals surface area contributed by atoms with Crippen molar-refractivity contribution in [1.82, 2.24) is 10.3 Å². The van der Waals surface area contributed by atoms with Crippen LogP contribution in [0.5, 0.6) is 0 Å². The maximum Gasteiger partial charge on any atom is 0.274 e. The van der Waals surface area contributed by atoms with Crippen molar-refractivity contribution in [3.63, 3.8) is 0 Å². The fraction of sp³-hybridized carbons (Fsp3) is 0.350. The molecule has 0 saturated heterocycles. The highest BCUT2D eigenvalue weighted by molar-refractivity contribution is 6.04. The van der Waals surface area contributed by atoms with E-state index in [1.54, 1.807) is 18.2 Å². The number of rotatable bonds is 5. The average molecular weight is 339 g/mol. The predicted octanol–water partition coefficient (Wildman–Crippen LogP) is 3.90. The van der Waals surface area contributed by atoms with E-state index in [2.05, 4.69) is 29.5 Å². The molecule has 1 aromatic heterocycles.